The Hall–Kier alpha value is -3.39. The number of amides is 3. The van der Waals surface area contributed by atoms with Gasteiger partial charge < -0.3 is 5.32 Å². The third-order valence-electron chi connectivity index (χ3n) is 3.90. The minimum atomic E-state index is -0.464. The van der Waals surface area contributed by atoms with Crippen LogP contribution in [0.15, 0.2) is 48.4 Å². The zero-order chi connectivity index (χ0) is 18.3. The monoisotopic (exact) mass is 368 g/mol. The molecule has 9 heteroatoms. The second kappa shape index (κ2) is 6.16. The van der Waals surface area contributed by atoms with E-state index in [1.165, 1.54) is 11.9 Å². The number of imide groups is 1. The van der Waals surface area contributed by atoms with E-state index in [9.17, 15) is 9.59 Å². The molecule has 8 nitrogen and oxygen atoms in total. The number of likely N-dealkylation sites (N-methyl/N-ethyl adjacent to an activating group) is 1. The van der Waals surface area contributed by atoms with Crippen LogP contribution >= 0.6 is 11.6 Å². The Morgan fingerprint density at radius 2 is 2.12 bits per heavy atom. The van der Waals surface area contributed by atoms with Gasteiger partial charge in [-0.3, -0.25) is 15.0 Å². The minimum Gasteiger partial charge on any atom is -0.340 e. The van der Waals surface area contributed by atoms with Gasteiger partial charge in [0.05, 0.1) is 6.20 Å². The first-order valence-corrected chi connectivity index (χ1v) is 8.07. The molecule has 1 aromatic carbocycles. The number of anilines is 2. The average Bonchev–Trinajstić information content (AvgIpc) is 3.11. The number of hydrogen-bond acceptors (Lipinski definition) is 5. The lowest BCUT2D eigenvalue weighted by molar-refractivity contribution is -0.115. The Labute approximate surface area is 153 Å². The van der Waals surface area contributed by atoms with Crippen molar-refractivity contribution in [2.45, 2.75) is 0 Å². The van der Waals surface area contributed by atoms with Gasteiger partial charge in [-0.15, -0.1) is 0 Å². The van der Waals surface area contributed by atoms with Crippen molar-refractivity contribution < 1.29 is 9.59 Å². The van der Waals surface area contributed by atoms with Crippen molar-refractivity contribution in [3.8, 4) is 0 Å². The SMILES string of the molecule is CN1C(=O)NC(=O)/C1=C\c1cnn2ccc(Nc3cccc(Cl)c3)nc12. The number of aromatic nitrogens is 3. The summed E-state index contributed by atoms with van der Waals surface area (Å²) in [5.74, 6) is 0.144. The van der Waals surface area contributed by atoms with Crippen LogP contribution in [0.2, 0.25) is 5.02 Å². The summed E-state index contributed by atoms with van der Waals surface area (Å²) < 4.78 is 1.59. The van der Waals surface area contributed by atoms with Crippen LogP contribution in [-0.2, 0) is 4.79 Å². The quantitative estimate of drug-likeness (QED) is 0.547. The first kappa shape index (κ1) is 16.1. The lowest BCUT2D eigenvalue weighted by Gasteiger charge is -2.07. The highest BCUT2D eigenvalue weighted by atomic mass is 35.5. The van der Waals surface area contributed by atoms with Crippen molar-refractivity contribution in [2.75, 3.05) is 12.4 Å². The fraction of sp³-hybridized carbons (Fsp3) is 0.0588. The van der Waals surface area contributed by atoms with Crippen molar-refractivity contribution in [1.29, 1.82) is 0 Å². The molecule has 2 N–H and O–H groups in total. The van der Waals surface area contributed by atoms with Gasteiger partial charge in [-0.2, -0.15) is 5.10 Å². The lowest BCUT2D eigenvalue weighted by Crippen LogP contribution is -2.24. The third kappa shape index (κ3) is 2.86. The number of halogens is 1. The fourth-order valence-corrected chi connectivity index (χ4v) is 2.78. The summed E-state index contributed by atoms with van der Waals surface area (Å²) in [6.45, 7) is 0. The molecule has 2 aromatic heterocycles. The first-order valence-electron chi connectivity index (χ1n) is 7.69. The molecule has 3 aromatic rings. The molecule has 0 atom stereocenters. The molecular formula is C17H13ClN6O2. The maximum atomic E-state index is 11.9. The highest BCUT2D eigenvalue weighted by Crippen LogP contribution is 2.22. The van der Waals surface area contributed by atoms with Crippen LogP contribution in [0.1, 0.15) is 5.56 Å². The predicted octanol–water partition coefficient (Wildman–Crippen LogP) is 2.65. The average molecular weight is 369 g/mol. The Morgan fingerprint density at radius 1 is 1.27 bits per heavy atom. The zero-order valence-electron chi connectivity index (χ0n) is 13.6. The van der Waals surface area contributed by atoms with Crippen LogP contribution in [0.25, 0.3) is 11.7 Å². The molecule has 130 valence electrons. The van der Waals surface area contributed by atoms with E-state index in [4.69, 9.17) is 11.6 Å². The van der Waals surface area contributed by atoms with Crippen LogP contribution in [0.3, 0.4) is 0 Å². The van der Waals surface area contributed by atoms with E-state index in [-0.39, 0.29) is 5.70 Å². The van der Waals surface area contributed by atoms with Crippen molar-refractivity contribution in [1.82, 2.24) is 24.8 Å². The Balaban J connectivity index is 1.71. The molecule has 1 aliphatic heterocycles. The maximum Gasteiger partial charge on any atom is 0.328 e. The van der Waals surface area contributed by atoms with Crippen LogP contribution < -0.4 is 10.6 Å². The number of rotatable bonds is 3. The molecule has 1 aliphatic rings. The van der Waals surface area contributed by atoms with Crippen molar-refractivity contribution in [3.63, 3.8) is 0 Å². The van der Waals surface area contributed by atoms with Gasteiger partial charge in [-0.05, 0) is 30.3 Å². The van der Waals surface area contributed by atoms with Gasteiger partial charge in [-0.25, -0.2) is 14.3 Å². The van der Waals surface area contributed by atoms with Gasteiger partial charge in [-0.1, -0.05) is 17.7 Å². The zero-order valence-corrected chi connectivity index (χ0v) is 14.4. The summed E-state index contributed by atoms with van der Waals surface area (Å²) in [6, 6.07) is 8.60. The van der Waals surface area contributed by atoms with Crippen molar-refractivity contribution in [3.05, 3.63) is 59.0 Å². The molecule has 0 bridgehead atoms. The van der Waals surface area contributed by atoms with Gasteiger partial charge in [0.1, 0.15) is 11.5 Å². The fourth-order valence-electron chi connectivity index (χ4n) is 2.59. The second-order valence-electron chi connectivity index (χ2n) is 5.66. The van der Waals surface area contributed by atoms with E-state index < -0.39 is 11.9 Å². The normalized spacial score (nSPS) is 15.8. The summed E-state index contributed by atoms with van der Waals surface area (Å²) >= 11 is 6.00. The number of carbonyl (C=O) groups excluding carboxylic acids is 2. The highest BCUT2D eigenvalue weighted by Gasteiger charge is 2.30. The van der Waals surface area contributed by atoms with Gasteiger partial charge in [0.15, 0.2) is 5.65 Å². The van der Waals surface area contributed by atoms with Gasteiger partial charge in [0.2, 0.25) is 0 Å². The molecule has 3 amide bonds. The van der Waals surface area contributed by atoms with Crippen LogP contribution in [-0.4, -0.2) is 38.5 Å². The molecule has 0 aliphatic carbocycles. The van der Waals surface area contributed by atoms with E-state index in [0.717, 1.165) is 5.69 Å². The van der Waals surface area contributed by atoms with E-state index in [0.29, 0.717) is 22.1 Å². The Kier molecular flexibility index (Phi) is 3.81. The summed E-state index contributed by atoms with van der Waals surface area (Å²) in [7, 11) is 1.53. The molecule has 3 heterocycles. The number of hydrogen-bond donors (Lipinski definition) is 2. The topological polar surface area (TPSA) is 91.6 Å². The van der Waals surface area contributed by atoms with Crippen LogP contribution in [0.4, 0.5) is 16.3 Å². The Morgan fingerprint density at radius 3 is 2.85 bits per heavy atom. The van der Waals surface area contributed by atoms with Crippen LogP contribution in [0, 0.1) is 0 Å². The number of benzene rings is 1. The summed E-state index contributed by atoms with van der Waals surface area (Å²) in [5.41, 5.74) is 2.20. The number of carbonyl (C=O) groups is 2. The molecule has 4 rings (SSSR count). The van der Waals surface area contributed by atoms with Crippen molar-refractivity contribution >= 4 is 46.8 Å². The predicted molar refractivity (Wildman–Crippen MR) is 97.0 cm³/mol. The minimum absolute atomic E-state index is 0.236. The molecule has 0 radical (unpaired) electrons. The summed E-state index contributed by atoms with van der Waals surface area (Å²) in [5, 5.41) is 10.2. The third-order valence-corrected chi connectivity index (χ3v) is 4.14. The van der Waals surface area contributed by atoms with Gasteiger partial charge in [0.25, 0.3) is 5.91 Å². The number of fused-ring (bicyclic) bond motifs is 1. The molecule has 0 saturated carbocycles. The largest absolute Gasteiger partial charge is 0.340 e. The molecule has 1 saturated heterocycles. The standard InChI is InChI=1S/C17H13ClN6O2/c1-23-13(16(25)22-17(23)26)7-10-9-19-24-6-5-14(21-15(10)24)20-12-4-2-3-11(18)8-12/h2-9H,1H3,(H,20,21)(H,22,25,26)/b13-7+. The number of urea groups is 1. The van der Waals surface area contributed by atoms with E-state index >= 15 is 0 Å². The highest BCUT2D eigenvalue weighted by molar-refractivity contribution is 6.30. The summed E-state index contributed by atoms with van der Waals surface area (Å²) in [4.78, 5) is 29.2. The van der Waals surface area contributed by atoms with Crippen LogP contribution in [0.5, 0.6) is 0 Å². The molecule has 1 fully saturated rings. The lowest BCUT2D eigenvalue weighted by atomic mass is 10.2. The van der Waals surface area contributed by atoms with E-state index in [1.807, 2.05) is 12.1 Å². The van der Waals surface area contributed by atoms with E-state index in [1.54, 1.807) is 41.2 Å². The molecule has 0 spiro atoms. The van der Waals surface area contributed by atoms with Gasteiger partial charge >= 0.3 is 6.03 Å². The first-order chi connectivity index (χ1) is 12.5. The van der Waals surface area contributed by atoms with E-state index in [2.05, 4.69) is 20.7 Å². The number of nitrogens with one attached hydrogen (secondary N) is 2. The van der Waals surface area contributed by atoms with Gasteiger partial charge in [0, 0.05) is 29.5 Å². The molecule has 0 unspecified atom stereocenters. The second-order valence-corrected chi connectivity index (χ2v) is 6.10. The number of nitrogens with zero attached hydrogens (tertiary/aromatic N) is 4. The maximum absolute atomic E-state index is 11.9. The van der Waals surface area contributed by atoms with Crippen molar-refractivity contribution in [2.24, 2.45) is 0 Å². The molecular weight excluding hydrogens is 356 g/mol. The Bertz CT molecular complexity index is 1070. The smallest absolute Gasteiger partial charge is 0.328 e. The molecule has 26 heavy (non-hydrogen) atoms. The summed E-state index contributed by atoms with van der Waals surface area (Å²) in [6.07, 6.45) is 4.92.